The number of aliphatic hydroxyl groups is 3. The molecule has 0 atom stereocenters. The number of rotatable bonds is 6. The van der Waals surface area contributed by atoms with Gasteiger partial charge in [0.15, 0.2) is 0 Å². The highest BCUT2D eigenvalue weighted by molar-refractivity contribution is 5.68. The SMILES string of the molecule is CC(C)(C)OC(=O)N1CCC(CNC(CO)(CO)CO)CC1. The van der Waals surface area contributed by atoms with Crippen LogP contribution in [0.1, 0.15) is 33.6 Å². The molecule has 1 fully saturated rings. The summed E-state index contributed by atoms with van der Waals surface area (Å²) in [5, 5.41) is 30.9. The second kappa shape index (κ2) is 8.10. The monoisotopic (exact) mass is 318 g/mol. The molecule has 1 amide bonds. The molecular weight excluding hydrogens is 288 g/mol. The molecule has 1 aliphatic heterocycles. The highest BCUT2D eigenvalue weighted by atomic mass is 16.6. The summed E-state index contributed by atoms with van der Waals surface area (Å²) < 4.78 is 5.35. The second-order valence-electron chi connectivity index (χ2n) is 7.05. The topological polar surface area (TPSA) is 102 Å². The third kappa shape index (κ3) is 5.72. The first-order valence-corrected chi connectivity index (χ1v) is 7.81. The Morgan fingerprint density at radius 2 is 1.64 bits per heavy atom. The molecule has 130 valence electrons. The Balaban J connectivity index is 2.38. The van der Waals surface area contributed by atoms with Crippen molar-refractivity contribution in [3.05, 3.63) is 0 Å². The minimum Gasteiger partial charge on any atom is -0.444 e. The van der Waals surface area contributed by atoms with Crippen LogP contribution in [0.25, 0.3) is 0 Å². The van der Waals surface area contributed by atoms with E-state index in [-0.39, 0.29) is 25.9 Å². The van der Waals surface area contributed by atoms with Gasteiger partial charge in [0.1, 0.15) is 5.60 Å². The lowest BCUT2D eigenvalue weighted by Gasteiger charge is -2.36. The van der Waals surface area contributed by atoms with Crippen molar-refractivity contribution in [2.75, 3.05) is 39.5 Å². The van der Waals surface area contributed by atoms with E-state index in [1.165, 1.54) is 0 Å². The molecule has 0 aromatic carbocycles. The van der Waals surface area contributed by atoms with Crippen LogP contribution in [-0.2, 0) is 4.74 Å². The van der Waals surface area contributed by atoms with Gasteiger partial charge in [0, 0.05) is 13.1 Å². The summed E-state index contributed by atoms with van der Waals surface area (Å²) in [6.45, 7) is 6.42. The van der Waals surface area contributed by atoms with E-state index in [9.17, 15) is 20.1 Å². The van der Waals surface area contributed by atoms with Crippen LogP contribution in [0.5, 0.6) is 0 Å². The highest BCUT2D eigenvalue weighted by Crippen LogP contribution is 2.19. The lowest BCUT2D eigenvalue weighted by molar-refractivity contribution is 0.0158. The molecule has 0 spiro atoms. The first kappa shape index (κ1) is 19.2. The fourth-order valence-corrected chi connectivity index (χ4v) is 2.32. The van der Waals surface area contributed by atoms with Gasteiger partial charge < -0.3 is 30.3 Å². The van der Waals surface area contributed by atoms with Gasteiger partial charge in [-0.15, -0.1) is 0 Å². The number of amides is 1. The maximum atomic E-state index is 12.0. The van der Waals surface area contributed by atoms with E-state index < -0.39 is 11.1 Å². The van der Waals surface area contributed by atoms with E-state index in [0.29, 0.717) is 25.6 Å². The number of hydrogen-bond acceptors (Lipinski definition) is 6. The number of likely N-dealkylation sites (tertiary alicyclic amines) is 1. The van der Waals surface area contributed by atoms with Crippen LogP contribution in [-0.4, -0.2) is 76.9 Å². The summed E-state index contributed by atoms with van der Waals surface area (Å²) in [6, 6.07) is 0. The van der Waals surface area contributed by atoms with E-state index in [0.717, 1.165) is 12.8 Å². The van der Waals surface area contributed by atoms with Crippen molar-refractivity contribution in [2.45, 2.75) is 44.8 Å². The van der Waals surface area contributed by atoms with Gasteiger partial charge in [0.05, 0.1) is 25.4 Å². The molecule has 0 aromatic rings. The van der Waals surface area contributed by atoms with E-state index in [1.807, 2.05) is 20.8 Å². The van der Waals surface area contributed by atoms with Crippen molar-refractivity contribution in [1.82, 2.24) is 10.2 Å². The van der Waals surface area contributed by atoms with Gasteiger partial charge in [-0.05, 0) is 46.1 Å². The van der Waals surface area contributed by atoms with Gasteiger partial charge in [-0.25, -0.2) is 4.79 Å². The molecule has 4 N–H and O–H groups in total. The van der Waals surface area contributed by atoms with Gasteiger partial charge >= 0.3 is 6.09 Å². The Labute approximate surface area is 132 Å². The molecule has 0 saturated carbocycles. The third-order valence-electron chi connectivity index (χ3n) is 3.94. The molecule has 0 unspecified atom stereocenters. The molecular formula is C15H30N2O5. The molecule has 22 heavy (non-hydrogen) atoms. The Hall–Kier alpha value is -0.890. The van der Waals surface area contributed by atoms with Gasteiger partial charge in [0.25, 0.3) is 0 Å². The summed E-state index contributed by atoms with van der Waals surface area (Å²) in [4.78, 5) is 13.7. The average molecular weight is 318 g/mol. The lowest BCUT2D eigenvalue weighted by Crippen LogP contribution is -2.56. The lowest BCUT2D eigenvalue weighted by atomic mass is 9.95. The standard InChI is InChI=1S/C15H30N2O5/c1-14(2,3)22-13(21)17-6-4-12(5-7-17)8-16-15(9-18,10-19)11-20/h12,16,18-20H,4-11H2,1-3H3. The first-order chi connectivity index (χ1) is 10.2. The molecule has 0 bridgehead atoms. The van der Waals surface area contributed by atoms with Crippen molar-refractivity contribution in [1.29, 1.82) is 0 Å². The molecule has 1 saturated heterocycles. The maximum absolute atomic E-state index is 12.0. The Kier molecular flexibility index (Phi) is 7.05. The maximum Gasteiger partial charge on any atom is 0.410 e. The van der Waals surface area contributed by atoms with Crippen molar-refractivity contribution in [3.63, 3.8) is 0 Å². The molecule has 1 heterocycles. The zero-order valence-electron chi connectivity index (χ0n) is 13.8. The molecule has 0 aliphatic carbocycles. The fraction of sp³-hybridized carbons (Fsp3) is 0.933. The van der Waals surface area contributed by atoms with Gasteiger partial charge in [0.2, 0.25) is 0 Å². The minimum absolute atomic E-state index is 0.283. The third-order valence-corrected chi connectivity index (χ3v) is 3.94. The van der Waals surface area contributed by atoms with Crippen molar-refractivity contribution in [2.24, 2.45) is 5.92 Å². The smallest absolute Gasteiger partial charge is 0.410 e. The number of nitrogens with one attached hydrogen (secondary N) is 1. The second-order valence-corrected chi connectivity index (χ2v) is 7.05. The summed E-state index contributed by atoms with van der Waals surface area (Å²) in [5.41, 5.74) is -1.53. The number of carbonyl (C=O) groups excluding carboxylic acids is 1. The van der Waals surface area contributed by atoms with E-state index in [1.54, 1.807) is 4.90 Å². The molecule has 1 aliphatic rings. The van der Waals surface area contributed by atoms with Crippen LogP contribution in [0.15, 0.2) is 0 Å². The zero-order chi connectivity index (χ0) is 16.8. The summed E-state index contributed by atoms with van der Waals surface area (Å²) in [5.74, 6) is 0.336. The summed E-state index contributed by atoms with van der Waals surface area (Å²) >= 11 is 0. The fourth-order valence-electron chi connectivity index (χ4n) is 2.32. The summed E-state index contributed by atoms with van der Waals surface area (Å²) in [6.07, 6.45) is 1.37. The normalized spacial score (nSPS) is 17.6. The number of ether oxygens (including phenoxy) is 1. The quantitative estimate of drug-likeness (QED) is 0.547. The van der Waals surface area contributed by atoms with E-state index >= 15 is 0 Å². The van der Waals surface area contributed by atoms with Crippen LogP contribution in [0, 0.1) is 5.92 Å². The predicted molar refractivity (Wildman–Crippen MR) is 82.5 cm³/mol. The van der Waals surface area contributed by atoms with Crippen LogP contribution >= 0.6 is 0 Å². The van der Waals surface area contributed by atoms with Gasteiger partial charge in [-0.2, -0.15) is 0 Å². The van der Waals surface area contributed by atoms with Crippen molar-refractivity contribution < 1.29 is 24.9 Å². The number of carbonyl (C=O) groups is 1. The number of aliphatic hydroxyl groups excluding tert-OH is 3. The Morgan fingerprint density at radius 1 is 1.14 bits per heavy atom. The van der Waals surface area contributed by atoms with Crippen molar-refractivity contribution in [3.8, 4) is 0 Å². The summed E-state index contributed by atoms with van der Waals surface area (Å²) in [7, 11) is 0. The van der Waals surface area contributed by atoms with E-state index in [2.05, 4.69) is 5.32 Å². The average Bonchev–Trinajstić information content (AvgIpc) is 2.48. The number of piperidine rings is 1. The van der Waals surface area contributed by atoms with Gasteiger partial charge in [-0.3, -0.25) is 0 Å². The molecule has 7 nitrogen and oxygen atoms in total. The van der Waals surface area contributed by atoms with Crippen LogP contribution in [0.2, 0.25) is 0 Å². The predicted octanol–water partition coefficient (Wildman–Crippen LogP) is -0.0612. The van der Waals surface area contributed by atoms with Crippen LogP contribution < -0.4 is 5.32 Å². The molecule has 7 heteroatoms. The molecule has 0 aromatic heterocycles. The molecule has 0 radical (unpaired) electrons. The van der Waals surface area contributed by atoms with Crippen LogP contribution in [0.3, 0.4) is 0 Å². The number of hydrogen-bond donors (Lipinski definition) is 4. The zero-order valence-corrected chi connectivity index (χ0v) is 13.8. The van der Waals surface area contributed by atoms with Gasteiger partial charge in [-0.1, -0.05) is 0 Å². The largest absolute Gasteiger partial charge is 0.444 e. The highest BCUT2D eigenvalue weighted by Gasteiger charge is 2.30. The number of nitrogens with zero attached hydrogens (tertiary/aromatic N) is 1. The molecule has 1 rings (SSSR count). The van der Waals surface area contributed by atoms with E-state index in [4.69, 9.17) is 4.74 Å². The van der Waals surface area contributed by atoms with Crippen molar-refractivity contribution >= 4 is 6.09 Å². The van der Waals surface area contributed by atoms with Crippen LogP contribution in [0.4, 0.5) is 4.79 Å². The Bertz CT molecular complexity index is 336. The first-order valence-electron chi connectivity index (χ1n) is 7.81. The Morgan fingerprint density at radius 3 is 2.05 bits per heavy atom. The minimum atomic E-state index is -1.04.